The van der Waals surface area contributed by atoms with Crippen LogP contribution in [0, 0.1) is 23.7 Å². The van der Waals surface area contributed by atoms with E-state index in [1.165, 1.54) is 0 Å². The molecule has 2 rings (SSSR count). The molecule has 2 bridgehead atoms. The van der Waals surface area contributed by atoms with Crippen LogP contribution in [-0.2, 0) is 29.2 Å². The zero-order valence-corrected chi connectivity index (χ0v) is 16.1. The molecule has 0 aromatic rings. The summed E-state index contributed by atoms with van der Waals surface area (Å²) < 4.78 is 92.3. The minimum Gasteiger partial charge on any atom is -0.465 e. The highest BCUT2D eigenvalue weighted by atomic mass is 32.2. The van der Waals surface area contributed by atoms with Crippen molar-refractivity contribution >= 4 is 22.1 Å². The summed E-state index contributed by atoms with van der Waals surface area (Å²) in [7, 11) is -6.35. The van der Waals surface area contributed by atoms with Gasteiger partial charge in [-0.25, -0.2) is 0 Å². The molecule has 0 spiro atoms. The third kappa shape index (κ3) is 4.27. The second-order valence-electron chi connectivity index (χ2n) is 7.48. The Bertz CT molecular complexity index is 723. The van der Waals surface area contributed by atoms with Gasteiger partial charge in [-0.05, 0) is 44.9 Å². The molecule has 0 heterocycles. The standard InChI is InChI=1S/C16H22F4O7S/c1-8(2)27-14(22)12-10-4-3-9(7-10)11(12)13(21)26-6-5-15(17,18)16(19,20)28(23,24)25/h8-12H,3-7H2,1-2H3,(H,23,24,25). The molecule has 4 unspecified atom stereocenters. The van der Waals surface area contributed by atoms with Crippen LogP contribution in [0.15, 0.2) is 0 Å². The van der Waals surface area contributed by atoms with Crippen LogP contribution >= 0.6 is 0 Å². The second kappa shape index (κ2) is 7.77. The number of alkyl halides is 4. The minimum absolute atomic E-state index is 0.0980. The van der Waals surface area contributed by atoms with Crippen LogP contribution in [0.25, 0.3) is 0 Å². The Morgan fingerprint density at radius 2 is 1.57 bits per heavy atom. The maximum absolute atomic E-state index is 13.5. The molecule has 0 aromatic carbocycles. The third-order valence-corrected chi connectivity index (χ3v) is 6.17. The van der Waals surface area contributed by atoms with E-state index in [9.17, 15) is 35.6 Å². The van der Waals surface area contributed by atoms with E-state index < -0.39 is 64.2 Å². The molecule has 12 heteroatoms. The van der Waals surface area contributed by atoms with E-state index in [4.69, 9.17) is 9.29 Å². The lowest BCUT2D eigenvalue weighted by Crippen LogP contribution is -2.47. The summed E-state index contributed by atoms with van der Waals surface area (Å²) >= 11 is 0. The molecule has 0 radical (unpaired) electrons. The lowest BCUT2D eigenvalue weighted by molar-refractivity contribution is -0.179. The second-order valence-corrected chi connectivity index (χ2v) is 8.95. The molecule has 1 N–H and O–H groups in total. The highest BCUT2D eigenvalue weighted by molar-refractivity contribution is 7.87. The van der Waals surface area contributed by atoms with Gasteiger partial charge in [0.1, 0.15) is 0 Å². The highest BCUT2D eigenvalue weighted by Gasteiger charge is 2.65. The van der Waals surface area contributed by atoms with Crippen LogP contribution < -0.4 is 0 Å². The van der Waals surface area contributed by atoms with Crippen LogP contribution in [0.2, 0.25) is 0 Å². The van der Waals surface area contributed by atoms with Gasteiger partial charge in [-0.2, -0.15) is 26.0 Å². The summed E-state index contributed by atoms with van der Waals surface area (Å²) in [4.78, 5) is 24.6. The fraction of sp³-hybridized carbons (Fsp3) is 0.875. The van der Waals surface area contributed by atoms with Crippen molar-refractivity contribution < 1.29 is 49.6 Å². The lowest BCUT2D eigenvalue weighted by atomic mass is 9.79. The summed E-state index contributed by atoms with van der Waals surface area (Å²) in [6.07, 6.45) is -0.287. The predicted molar refractivity (Wildman–Crippen MR) is 86.1 cm³/mol. The van der Waals surface area contributed by atoms with E-state index in [1.54, 1.807) is 13.8 Å². The summed E-state index contributed by atoms with van der Waals surface area (Å²) in [5, 5.41) is -5.72. The van der Waals surface area contributed by atoms with Gasteiger partial charge in [-0.1, -0.05) is 0 Å². The summed E-state index contributed by atoms with van der Waals surface area (Å²) in [5.74, 6) is -8.71. The van der Waals surface area contributed by atoms with E-state index in [0.29, 0.717) is 19.3 Å². The molecule has 2 aliphatic carbocycles. The number of carbonyl (C=O) groups is 2. The lowest BCUT2D eigenvalue weighted by Gasteiger charge is -2.29. The Morgan fingerprint density at radius 1 is 1.07 bits per heavy atom. The van der Waals surface area contributed by atoms with Crippen LogP contribution in [-0.4, -0.2) is 48.8 Å². The molecular weight excluding hydrogens is 412 g/mol. The Labute approximate surface area is 159 Å². The molecule has 0 aliphatic heterocycles. The maximum Gasteiger partial charge on any atom is 0.431 e. The monoisotopic (exact) mass is 434 g/mol. The van der Waals surface area contributed by atoms with Gasteiger partial charge < -0.3 is 9.47 Å². The molecule has 0 aromatic heterocycles. The number of carbonyl (C=O) groups excluding carboxylic acids is 2. The van der Waals surface area contributed by atoms with Crippen molar-refractivity contribution in [3.8, 4) is 0 Å². The first-order chi connectivity index (χ1) is 12.7. The number of ether oxygens (including phenoxy) is 2. The predicted octanol–water partition coefficient (Wildman–Crippen LogP) is 2.65. The van der Waals surface area contributed by atoms with Crippen molar-refractivity contribution in [1.29, 1.82) is 0 Å². The van der Waals surface area contributed by atoms with E-state index in [0.717, 1.165) is 0 Å². The van der Waals surface area contributed by atoms with Gasteiger partial charge in [0.05, 0.1) is 31.0 Å². The normalized spacial score (nSPS) is 27.9. The number of rotatable bonds is 8. The first kappa shape index (κ1) is 22.9. The van der Waals surface area contributed by atoms with Crippen molar-refractivity contribution in [2.45, 2.75) is 56.8 Å². The summed E-state index contributed by atoms with van der Waals surface area (Å²) in [6.45, 7) is 2.07. The summed E-state index contributed by atoms with van der Waals surface area (Å²) in [5.41, 5.74) is 0. The zero-order valence-electron chi connectivity index (χ0n) is 15.2. The smallest absolute Gasteiger partial charge is 0.431 e. The Kier molecular flexibility index (Phi) is 6.34. The van der Waals surface area contributed by atoms with Gasteiger partial charge in [-0.15, -0.1) is 0 Å². The molecule has 2 saturated carbocycles. The summed E-state index contributed by atoms with van der Waals surface area (Å²) in [6, 6.07) is 0. The SMILES string of the molecule is CC(C)OC(=O)C1C2CCC(C2)C1C(=O)OCCC(F)(F)C(F)(F)S(=O)(=O)O. The van der Waals surface area contributed by atoms with Gasteiger partial charge >= 0.3 is 33.2 Å². The molecule has 0 amide bonds. The largest absolute Gasteiger partial charge is 0.465 e. The zero-order chi connectivity index (χ0) is 21.5. The van der Waals surface area contributed by atoms with Crippen LogP contribution in [0.4, 0.5) is 17.6 Å². The van der Waals surface area contributed by atoms with E-state index >= 15 is 0 Å². The Balaban J connectivity index is 2.01. The number of hydrogen-bond acceptors (Lipinski definition) is 6. The molecule has 2 aliphatic rings. The molecular formula is C16H22F4O7S. The first-order valence-corrected chi connectivity index (χ1v) is 10.2. The maximum atomic E-state index is 13.5. The molecule has 28 heavy (non-hydrogen) atoms. The number of halogens is 4. The fourth-order valence-electron chi connectivity index (χ4n) is 3.99. The topological polar surface area (TPSA) is 107 Å². The van der Waals surface area contributed by atoms with Crippen molar-refractivity contribution in [2.24, 2.45) is 23.7 Å². The first-order valence-electron chi connectivity index (χ1n) is 8.79. The molecule has 0 saturated heterocycles. The van der Waals surface area contributed by atoms with Crippen LogP contribution in [0.5, 0.6) is 0 Å². The quantitative estimate of drug-likeness (QED) is 0.356. The minimum atomic E-state index is -6.35. The number of fused-ring (bicyclic) bond motifs is 2. The average Bonchev–Trinajstić information content (AvgIpc) is 3.13. The van der Waals surface area contributed by atoms with E-state index in [1.807, 2.05) is 0 Å². The fourth-order valence-corrected chi connectivity index (χ4v) is 4.47. The Morgan fingerprint density at radius 3 is 2.04 bits per heavy atom. The van der Waals surface area contributed by atoms with E-state index in [2.05, 4.69) is 4.74 Å². The third-order valence-electron chi connectivity index (χ3n) is 5.22. The van der Waals surface area contributed by atoms with Gasteiger partial charge in [0.2, 0.25) is 0 Å². The molecule has 2 fully saturated rings. The van der Waals surface area contributed by atoms with Gasteiger partial charge in [0.15, 0.2) is 0 Å². The highest BCUT2D eigenvalue weighted by Crippen LogP contribution is 2.53. The molecule has 162 valence electrons. The number of hydrogen-bond donors (Lipinski definition) is 1. The van der Waals surface area contributed by atoms with Gasteiger partial charge in [-0.3, -0.25) is 14.1 Å². The van der Waals surface area contributed by atoms with Crippen LogP contribution in [0.1, 0.15) is 39.5 Å². The molecule has 4 atom stereocenters. The van der Waals surface area contributed by atoms with Crippen molar-refractivity contribution in [3.63, 3.8) is 0 Å². The number of esters is 2. The van der Waals surface area contributed by atoms with Crippen molar-refractivity contribution in [1.82, 2.24) is 0 Å². The Hall–Kier alpha value is -1.43. The van der Waals surface area contributed by atoms with E-state index in [-0.39, 0.29) is 11.8 Å². The van der Waals surface area contributed by atoms with Gasteiger partial charge in [0, 0.05) is 0 Å². The van der Waals surface area contributed by atoms with Crippen molar-refractivity contribution in [2.75, 3.05) is 6.61 Å². The average molecular weight is 434 g/mol. The van der Waals surface area contributed by atoms with Gasteiger partial charge in [0.25, 0.3) is 0 Å². The molecule has 7 nitrogen and oxygen atoms in total. The van der Waals surface area contributed by atoms with Crippen LogP contribution in [0.3, 0.4) is 0 Å². The van der Waals surface area contributed by atoms with Crippen molar-refractivity contribution in [3.05, 3.63) is 0 Å².